The molecule has 0 aliphatic heterocycles. The summed E-state index contributed by atoms with van der Waals surface area (Å²) in [5, 5.41) is 0. The Morgan fingerprint density at radius 3 is 1.78 bits per heavy atom. The molecule has 0 aliphatic carbocycles. The molecule has 0 aromatic carbocycles. The standard InChI is InChI=1S/C5H5Br3O/c1-3(2)4(9)5(6,7)8/h1H2,2H3. The minimum Gasteiger partial charge on any atom is -0.291 e. The minimum atomic E-state index is -0.821. The van der Waals surface area contributed by atoms with Gasteiger partial charge in [0.05, 0.1) is 0 Å². The first-order chi connectivity index (χ1) is 3.85. The lowest BCUT2D eigenvalue weighted by Gasteiger charge is -2.08. The van der Waals surface area contributed by atoms with E-state index in [9.17, 15) is 4.79 Å². The highest BCUT2D eigenvalue weighted by Crippen LogP contribution is 2.36. The lowest BCUT2D eigenvalue weighted by Crippen LogP contribution is -2.16. The van der Waals surface area contributed by atoms with Gasteiger partial charge in [-0.25, -0.2) is 0 Å². The quantitative estimate of drug-likeness (QED) is 0.536. The van der Waals surface area contributed by atoms with Gasteiger partial charge in [0.25, 0.3) is 0 Å². The van der Waals surface area contributed by atoms with Crippen molar-refractivity contribution in [3.63, 3.8) is 0 Å². The van der Waals surface area contributed by atoms with Crippen molar-refractivity contribution in [2.45, 2.75) is 9.07 Å². The summed E-state index contributed by atoms with van der Waals surface area (Å²) < 4.78 is -0.821. The first-order valence-corrected chi connectivity index (χ1v) is 4.50. The van der Waals surface area contributed by atoms with Crippen molar-refractivity contribution in [1.29, 1.82) is 0 Å². The second-order valence-corrected chi connectivity index (χ2v) is 8.37. The molecular weight excluding hydrogens is 316 g/mol. The van der Waals surface area contributed by atoms with Crippen LogP contribution in [0.15, 0.2) is 12.2 Å². The molecule has 4 heteroatoms. The van der Waals surface area contributed by atoms with Crippen LogP contribution >= 0.6 is 47.8 Å². The largest absolute Gasteiger partial charge is 0.291 e. The third kappa shape index (κ3) is 3.53. The fourth-order valence-electron chi connectivity index (χ4n) is 0.242. The maximum Gasteiger partial charge on any atom is 0.196 e. The Morgan fingerprint density at radius 2 is 1.78 bits per heavy atom. The van der Waals surface area contributed by atoms with Crippen LogP contribution < -0.4 is 0 Å². The molecule has 1 nitrogen and oxygen atoms in total. The van der Waals surface area contributed by atoms with Gasteiger partial charge in [-0.1, -0.05) is 54.4 Å². The summed E-state index contributed by atoms with van der Waals surface area (Å²) in [6.07, 6.45) is 0. The van der Waals surface area contributed by atoms with Crippen LogP contribution in [0.25, 0.3) is 0 Å². The summed E-state index contributed by atoms with van der Waals surface area (Å²) in [4.78, 5) is 10.9. The van der Waals surface area contributed by atoms with Crippen LogP contribution in [-0.4, -0.2) is 7.93 Å². The monoisotopic (exact) mass is 318 g/mol. The zero-order chi connectivity index (χ0) is 7.65. The molecule has 0 spiro atoms. The third-order valence-electron chi connectivity index (χ3n) is 0.645. The number of ketones is 1. The Bertz CT molecular complexity index is 145. The van der Waals surface area contributed by atoms with Gasteiger partial charge in [-0.15, -0.1) is 0 Å². The highest BCUT2D eigenvalue weighted by atomic mass is 80.0. The van der Waals surface area contributed by atoms with Crippen molar-refractivity contribution >= 4 is 53.6 Å². The van der Waals surface area contributed by atoms with Gasteiger partial charge in [0, 0.05) is 0 Å². The minimum absolute atomic E-state index is 0.109. The molecule has 0 rings (SSSR count). The summed E-state index contributed by atoms with van der Waals surface area (Å²) in [5.41, 5.74) is 0.501. The number of carbonyl (C=O) groups is 1. The lowest BCUT2D eigenvalue weighted by molar-refractivity contribution is -0.113. The zero-order valence-corrected chi connectivity index (χ0v) is 9.51. The Morgan fingerprint density at radius 1 is 1.44 bits per heavy atom. The van der Waals surface area contributed by atoms with E-state index in [1.807, 2.05) is 0 Å². The van der Waals surface area contributed by atoms with Gasteiger partial charge in [0.2, 0.25) is 0 Å². The fraction of sp³-hybridized carbons (Fsp3) is 0.400. The number of hydrogen-bond acceptors (Lipinski definition) is 1. The van der Waals surface area contributed by atoms with E-state index in [0.717, 1.165) is 0 Å². The van der Waals surface area contributed by atoms with Gasteiger partial charge in [0.15, 0.2) is 7.93 Å². The highest BCUT2D eigenvalue weighted by Gasteiger charge is 2.28. The fourth-order valence-corrected chi connectivity index (χ4v) is 1.26. The van der Waals surface area contributed by atoms with E-state index >= 15 is 0 Å². The topological polar surface area (TPSA) is 17.1 Å². The van der Waals surface area contributed by atoms with Crippen LogP contribution in [0.3, 0.4) is 0 Å². The summed E-state index contributed by atoms with van der Waals surface area (Å²) in [6, 6.07) is 0. The molecule has 0 fully saturated rings. The van der Waals surface area contributed by atoms with Crippen molar-refractivity contribution in [3.8, 4) is 0 Å². The van der Waals surface area contributed by atoms with Gasteiger partial charge >= 0.3 is 0 Å². The van der Waals surface area contributed by atoms with Crippen LogP contribution in [0.2, 0.25) is 0 Å². The molecule has 0 bridgehead atoms. The molecule has 9 heavy (non-hydrogen) atoms. The number of hydrogen-bond donors (Lipinski definition) is 0. The Balaban J connectivity index is 4.23. The summed E-state index contributed by atoms with van der Waals surface area (Å²) >= 11 is 9.20. The number of rotatable bonds is 1. The molecule has 0 aromatic rings. The van der Waals surface area contributed by atoms with Crippen molar-refractivity contribution in [1.82, 2.24) is 0 Å². The van der Waals surface area contributed by atoms with E-state index in [2.05, 4.69) is 54.4 Å². The molecule has 0 radical (unpaired) electrons. The number of allylic oxidation sites excluding steroid dienone is 1. The molecular formula is C5H5Br3O. The molecule has 0 aromatic heterocycles. The summed E-state index contributed by atoms with van der Waals surface area (Å²) in [7, 11) is 0. The lowest BCUT2D eigenvalue weighted by atomic mass is 10.2. The van der Waals surface area contributed by atoms with Gasteiger partial charge in [0.1, 0.15) is 0 Å². The third-order valence-corrected chi connectivity index (χ3v) is 1.73. The second-order valence-electron chi connectivity index (χ2n) is 1.61. The smallest absolute Gasteiger partial charge is 0.196 e. The Hall–Kier alpha value is 0.850. The van der Waals surface area contributed by atoms with Crippen LogP contribution in [0.4, 0.5) is 0 Å². The van der Waals surface area contributed by atoms with E-state index in [1.54, 1.807) is 6.92 Å². The summed E-state index contributed by atoms with van der Waals surface area (Å²) in [5.74, 6) is -0.109. The molecule has 0 aliphatic rings. The Labute approximate surface area is 79.3 Å². The molecule has 0 unspecified atom stereocenters. The van der Waals surface area contributed by atoms with Crippen LogP contribution in [-0.2, 0) is 4.79 Å². The molecule has 0 N–H and O–H groups in total. The van der Waals surface area contributed by atoms with Crippen LogP contribution in [0, 0.1) is 0 Å². The average Bonchev–Trinajstić information content (AvgIpc) is 1.62. The van der Waals surface area contributed by atoms with Gasteiger partial charge in [-0.2, -0.15) is 0 Å². The van der Waals surface area contributed by atoms with E-state index < -0.39 is 2.14 Å². The molecule has 0 saturated heterocycles. The normalized spacial score (nSPS) is 11.1. The van der Waals surface area contributed by atoms with Crippen LogP contribution in [0.5, 0.6) is 0 Å². The molecule has 52 valence electrons. The first kappa shape index (κ1) is 9.85. The highest BCUT2D eigenvalue weighted by molar-refractivity contribution is 9.40. The number of Topliss-reactive ketones (excluding diaryl/α,β-unsaturated/α-hetero) is 1. The van der Waals surface area contributed by atoms with Gasteiger partial charge in [-0.05, 0) is 12.5 Å². The van der Waals surface area contributed by atoms with Crippen LogP contribution in [0.1, 0.15) is 6.92 Å². The van der Waals surface area contributed by atoms with E-state index in [4.69, 9.17) is 0 Å². The predicted molar refractivity (Wildman–Crippen MR) is 49.3 cm³/mol. The molecule has 0 saturated carbocycles. The number of carbonyl (C=O) groups excluding carboxylic acids is 1. The number of alkyl halides is 3. The van der Waals surface area contributed by atoms with Crippen molar-refractivity contribution in [3.05, 3.63) is 12.2 Å². The predicted octanol–water partition coefficient (Wildman–Crippen LogP) is 2.97. The Kier molecular flexibility index (Phi) is 3.61. The van der Waals surface area contributed by atoms with E-state index in [-0.39, 0.29) is 5.78 Å². The molecule has 0 atom stereocenters. The van der Waals surface area contributed by atoms with Gasteiger partial charge < -0.3 is 0 Å². The maximum absolute atomic E-state index is 10.9. The van der Waals surface area contributed by atoms with Crippen molar-refractivity contribution < 1.29 is 4.79 Å². The molecule has 0 amide bonds. The first-order valence-electron chi connectivity index (χ1n) is 2.12. The average molecular weight is 321 g/mol. The SMILES string of the molecule is C=C(C)C(=O)C(Br)(Br)Br. The maximum atomic E-state index is 10.9. The molecule has 0 heterocycles. The summed E-state index contributed by atoms with van der Waals surface area (Å²) in [6.45, 7) is 5.14. The van der Waals surface area contributed by atoms with Gasteiger partial charge in [-0.3, -0.25) is 4.79 Å². The number of halogens is 3. The van der Waals surface area contributed by atoms with Crippen molar-refractivity contribution in [2.75, 3.05) is 0 Å². The van der Waals surface area contributed by atoms with Crippen molar-refractivity contribution in [2.24, 2.45) is 0 Å². The zero-order valence-electron chi connectivity index (χ0n) is 4.75. The van der Waals surface area contributed by atoms with E-state index in [0.29, 0.717) is 5.57 Å². The van der Waals surface area contributed by atoms with E-state index in [1.165, 1.54) is 0 Å². The second kappa shape index (κ2) is 3.30.